The van der Waals surface area contributed by atoms with Crippen molar-refractivity contribution in [3.05, 3.63) is 65.7 Å². The molecule has 0 aliphatic heterocycles. The van der Waals surface area contributed by atoms with Gasteiger partial charge in [-0.05, 0) is 36.1 Å². The molecule has 0 saturated carbocycles. The monoisotopic (exact) mass is 269 g/mol. The van der Waals surface area contributed by atoms with Gasteiger partial charge in [0.15, 0.2) is 0 Å². The standard InChI is InChI=1S/C18H23NO/c1-13(2)18(19)16-9-11-17(12-10-16)20-14(3)15-7-5-4-6-8-15/h4-14,18H,19H2,1-3H3. The van der Waals surface area contributed by atoms with E-state index in [9.17, 15) is 0 Å². The third-order valence-electron chi connectivity index (χ3n) is 3.57. The Balaban J connectivity index is 2.04. The van der Waals surface area contributed by atoms with Crippen LogP contribution in [0, 0.1) is 5.92 Å². The zero-order valence-corrected chi connectivity index (χ0v) is 12.4. The second-order valence-corrected chi connectivity index (χ2v) is 5.51. The van der Waals surface area contributed by atoms with Crippen molar-refractivity contribution >= 4 is 0 Å². The number of benzene rings is 2. The van der Waals surface area contributed by atoms with Crippen LogP contribution in [0.3, 0.4) is 0 Å². The van der Waals surface area contributed by atoms with Crippen LogP contribution in [0.15, 0.2) is 54.6 Å². The molecule has 2 aromatic rings. The Labute approximate surface area is 121 Å². The predicted molar refractivity (Wildman–Crippen MR) is 83.7 cm³/mol. The minimum Gasteiger partial charge on any atom is -0.486 e. The van der Waals surface area contributed by atoms with Gasteiger partial charge in [0.2, 0.25) is 0 Å². The first kappa shape index (κ1) is 14.6. The lowest BCUT2D eigenvalue weighted by Crippen LogP contribution is -2.16. The summed E-state index contributed by atoms with van der Waals surface area (Å²) in [6.07, 6.45) is 0.0424. The van der Waals surface area contributed by atoms with E-state index in [0.717, 1.165) is 11.3 Å². The van der Waals surface area contributed by atoms with Gasteiger partial charge in [0.05, 0.1) is 0 Å². The van der Waals surface area contributed by atoms with Crippen LogP contribution in [-0.2, 0) is 0 Å². The van der Waals surface area contributed by atoms with E-state index in [2.05, 4.69) is 45.0 Å². The molecule has 2 rings (SSSR count). The van der Waals surface area contributed by atoms with E-state index in [0.29, 0.717) is 5.92 Å². The topological polar surface area (TPSA) is 35.2 Å². The number of rotatable bonds is 5. The molecule has 0 aliphatic carbocycles. The van der Waals surface area contributed by atoms with Gasteiger partial charge >= 0.3 is 0 Å². The first-order valence-corrected chi connectivity index (χ1v) is 7.15. The summed E-state index contributed by atoms with van der Waals surface area (Å²) in [6.45, 7) is 6.32. The van der Waals surface area contributed by atoms with Crippen molar-refractivity contribution in [2.24, 2.45) is 11.7 Å². The van der Waals surface area contributed by atoms with Crippen LogP contribution in [0.25, 0.3) is 0 Å². The van der Waals surface area contributed by atoms with E-state index in [1.54, 1.807) is 0 Å². The highest BCUT2D eigenvalue weighted by Gasteiger charge is 2.11. The SMILES string of the molecule is CC(Oc1ccc(C(N)C(C)C)cc1)c1ccccc1. The van der Waals surface area contributed by atoms with Crippen molar-refractivity contribution in [1.29, 1.82) is 0 Å². The predicted octanol–water partition coefficient (Wildman–Crippen LogP) is 4.48. The Morgan fingerprint density at radius 1 is 0.800 bits per heavy atom. The van der Waals surface area contributed by atoms with Crippen LogP contribution in [0.5, 0.6) is 5.75 Å². The summed E-state index contributed by atoms with van der Waals surface area (Å²) in [7, 11) is 0. The fourth-order valence-corrected chi connectivity index (χ4v) is 2.15. The van der Waals surface area contributed by atoms with E-state index in [-0.39, 0.29) is 12.1 Å². The Bertz CT molecular complexity index is 519. The van der Waals surface area contributed by atoms with Crippen molar-refractivity contribution in [3.8, 4) is 5.75 Å². The molecule has 0 spiro atoms. The summed E-state index contributed by atoms with van der Waals surface area (Å²) in [5.74, 6) is 1.31. The highest BCUT2D eigenvalue weighted by atomic mass is 16.5. The fraction of sp³-hybridized carbons (Fsp3) is 0.333. The summed E-state index contributed by atoms with van der Waals surface area (Å²) in [4.78, 5) is 0. The average Bonchev–Trinajstić information content (AvgIpc) is 2.48. The van der Waals surface area contributed by atoms with Gasteiger partial charge < -0.3 is 10.5 Å². The fourth-order valence-electron chi connectivity index (χ4n) is 2.15. The summed E-state index contributed by atoms with van der Waals surface area (Å²) in [6, 6.07) is 18.4. The minimum atomic E-state index is 0.0424. The Morgan fingerprint density at radius 3 is 1.95 bits per heavy atom. The average molecular weight is 269 g/mol. The lowest BCUT2D eigenvalue weighted by molar-refractivity contribution is 0.227. The molecule has 0 aliphatic rings. The third kappa shape index (κ3) is 3.61. The molecule has 0 amide bonds. The molecule has 106 valence electrons. The van der Waals surface area contributed by atoms with Gasteiger partial charge in [0, 0.05) is 6.04 Å². The number of hydrogen-bond donors (Lipinski definition) is 1. The smallest absolute Gasteiger partial charge is 0.121 e. The largest absolute Gasteiger partial charge is 0.486 e. The van der Waals surface area contributed by atoms with Crippen molar-refractivity contribution in [1.82, 2.24) is 0 Å². The first-order valence-electron chi connectivity index (χ1n) is 7.15. The molecule has 2 nitrogen and oxygen atoms in total. The van der Waals surface area contributed by atoms with Crippen LogP contribution in [0.2, 0.25) is 0 Å². The third-order valence-corrected chi connectivity index (χ3v) is 3.57. The van der Waals surface area contributed by atoms with E-state index in [4.69, 9.17) is 10.5 Å². The van der Waals surface area contributed by atoms with Crippen molar-refractivity contribution < 1.29 is 4.74 Å². The number of nitrogens with two attached hydrogens (primary N) is 1. The lowest BCUT2D eigenvalue weighted by atomic mass is 9.97. The first-order chi connectivity index (χ1) is 9.58. The maximum Gasteiger partial charge on any atom is 0.121 e. The normalized spacial score (nSPS) is 14.1. The van der Waals surface area contributed by atoms with Gasteiger partial charge in [-0.25, -0.2) is 0 Å². The molecular formula is C18H23NO. The van der Waals surface area contributed by atoms with Gasteiger partial charge in [-0.1, -0.05) is 56.3 Å². The van der Waals surface area contributed by atoms with Crippen LogP contribution in [0.1, 0.15) is 44.0 Å². The minimum absolute atomic E-state index is 0.0424. The Hall–Kier alpha value is -1.80. The second-order valence-electron chi connectivity index (χ2n) is 5.51. The quantitative estimate of drug-likeness (QED) is 0.868. The molecule has 2 heteroatoms. The van der Waals surface area contributed by atoms with Gasteiger partial charge in [-0.3, -0.25) is 0 Å². The molecule has 0 fully saturated rings. The summed E-state index contributed by atoms with van der Waals surface area (Å²) in [5, 5.41) is 0. The molecule has 2 unspecified atom stereocenters. The Kier molecular flexibility index (Phi) is 4.80. The van der Waals surface area contributed by atoms with Gasteiger partial charge in [0.1, 0.15) is 11.9 Å². The van der Waals surface area contributed by atoms with Gasteiger partial charge in [-0.15, -0.1) is 0 Å². The van der Waals surface area contributed by atoms with E-state index in [1.165, 1.54) is 5.56 Å². The molecule has 0 aromatic heterocycles. The molecule has 20 heavy (non-hydrogen) atoms. The van der Waals surface area contributed by atoms with Gasteiger partial charge in [0.25, 0.3) is 0 Å². The second kappa shape index (κ2) is 6.58. The molecule has 2 N–H and O–H groups in total. The van der Waals surface area contributed by atoms with E-state index < -0.39 is 0 Å². The van der Waals surface area contributed by atoms with Crippen LogP contribution in [-0.4, -0.2) is 0 Å². The van der Waals surface area contributed by atoms with Crippen molar-refractivity contribution in [2.75, 3.05) is 0 Å². The zero-order chi connectivity index (χ0) is 14.5. The van der Waals surface area contributed by atoms with Crippen LogP contribution < -0.4 is 10.5 Å². The van der Waals surface area contributed by atoms with Crippen LogP contribution >= 0.6 is 0 Å². The van der Waals surface area contributed by atoms with E-state index >= 15 is 0 Å². The molecule has 0 heterocycles. The zero-order valence-electron chi connectivity index (χ0n) is 12.4. The highest BCUT2D eigenvalue weighted by Crippen LogP contribution is 2.25. The molecule has 0 radical (unpaired) electrons. The summed E-state index contributed by atoms with van der Waals surface area (Å²) in [5.41, 5.74) is 8.47. The Morgan fingerprint density at radius 2 is 1.40 bits per heavy atom. The van der Waals surface area contributed by atoms with E-state index in [1.807, 2.05) is 30.3 Å². The molecular weight excluding hydrogens is 246 g/mol. The van der Waals surface area contributed by atoms with Gasteiger partial charge in [-0.2, -0.15) is 0 Å². The highest BCUT2D eigenvalue weighted by molar-refractivity contribution is 5.30. The lowest BCUT2D eigenvalue weighted by Gasteiger charge is -2.18. The number of ether oxygens (including phenoxy) is 1. The maximum atomic E-state index is 6.14. The van der Waals surface area contributed by atoms with Crippen molar-refractivity contribution in [2.45, 2.75) is 32.9 Å². The molecule has 0 bridgehead atoms. The number of hydrogen-bond acceptors (Lipinski definition) is 2. The molecule has 0 saturated heterocycles. The summed E-state index contributed by atoms with van der Waals surface area (Å²) >= 11 is 0. The van der Waals surface area contributed by atoms with Crippen LogP contribution in [0.4, 0.5) is 0 Å². The molecule has 2 aromatic carbocycles. The van der Waals surface area contributed by atoms with Crippen molar-refractivity contribution in [3.63, 3.8) is 0 Å². The maximum absolute atomic E-state index is 6.14. The summed E-state index contributed by atoms with van der Waals surface area (Å²) < 4.78 is 5.95. The molecule has 2 atom stereocenters.